The lowest BCUT2D eigenvalue weighted by Gasteiger charge is -2.13. The Kier molecular flexibility index (Phi) is 5.50. The van der Waals surface area contributed by atoms with Crippen LogP contribution in [0.1, 0.15) is 11.1 Å². The summed E-state index contributed by atoms with van der Waals surface area (Å²) in [5, 5.41) is 0.571. The predicted octanol–water partition coefficient (Wildman–Crippen LogP) is 3.09. The van der Waals surface area contributed by atoms with Crippen molar-refractivity contribution < 1.29 is 17.9 Å². The molecule has 1 aliphatic rings. The minimum atomic E-state index is -3.52. The van der Waals surface area contributed by atoms with Gasteiger partial charge in [0.2, 0.25) is 10.0 Å². The molecule has 0 radical (unpaired) electrons. The van der Waals surface area contributed by atoms with Gasteiger partial charge in [0.05, 0.1) is 12.3 Å². The first kappa shape index (κ1) is 18.7. The van der Waals surface area contributed by atoms with Crippen LogP contribution in [0.4, 0.5) is 10.5 Å². The van der Waals surface area contributed by atoms with Gasteiger partial charge >= 0.3 is 6.09 Å². The van der Waals surface area contributed by atoms with Crippen molar-refractivity contribution in [2.75, 3.05) is 18.0 Å². The number of sulfonamides is 1. The quantitative estimate of drug-likeness (QED) is 0.816. The lowest BCUT2D eigenvalue weighted by molar-refractivity contribution is 0.143. The van der Waals surface area contributed by atoms with E-state index in [2.05, 4.69) is 4.72 Å². The zero-order chi connectivity index (χ0) is 18.7. The summed E-state index contributed by atoms with van der Waals surface area (Å²) in [4.78, 5) is 13.5. The molecule has 0 aliphatic carbocycles. The van der Waals surface area contributed by atoms with Crippen LogP contribution in [0.3, 0.4) is 0 Å². The second-order valence-electron chi connectivity index (χ2n) is 6.19. The van der Waals surface area contributed by atoms with Gasteiger partial charge in [-0.1, -0.05) is 41.4 Å². The van der Waals surface area contributed by atoms with Crippen molar-refractivity contribution in [3.8, 4) is 0 Å². The molecular formula is C18H19ClN2O4S. The van der Waals surface area contributed by atoms with Crippen LogP contribution in [0.5, 0.6) is 0 Å². The van der Waals surface area contributed by atoms with Crippen LogP contribution in [-0.4, -0.2) is 33.7 Å². The second-order valence-corrected chi connectivity index (χ2v) is 8.43. The number of halogens is 1. The van der Waals surface area contributed by atoms with Gasteiger partial charge in [-0.15, -0.1) is 0 Å². The third-order valence-corrected chi connectivity index (χ3v) is 5.55. The molecule has 0 saturated carbocycles. The van der Waals surface area contributed by atoms with Crippen molar-refractivity contribution in [1.82, 2.24) is 4.72 Å². The molecule has 138 valence electrons. The monoisotopic (exact) mass is 394 g/mol. The number of benzene rings is 2. The highest BCUT2D eigenvalue weighted by molar-refractivity contribution is 7.88. The van der Waals surface area contributed by atoms with Crippen LogP contribution in [0, 0.1) is 6.92 Å². The highest BCUT2D eigenvalue weighted by Gasteiger charge is 2.33. The van der Waals surface area contributed by atoms with E-state index in [-0.39, 0.29) is 18.8 Å². The Morgan fingerprint density at radius 3 is 2.65 bits per heavy atom. The summed E-state index contributed by atoms with van der Waals surface area (Å²) < 4.78 is 32.3. The van der Waals surface area contributed by atoms with Crippen molar-refractivity contribution in [3.63, 3.8) is 0 Å². The summed E-state index contributed by atoms with van der Waals surface area (Å²) in [7, 11) is -3.52. The van der Waals surface area contributed by atoms with Gasteiger partial charge in [-0.05, 0) is 36.8 Å². The number of amides is 1. The number of carbonyl (C=O) groups excluding carboxylic acids is 1. The van der Waals surface area contributed by atoms with Gasteiger partial charge in [0.15, 0.2) is 0 Å². The predicted molar refractivity (Wildman–Crippen MR) is 101 cm³/mol. The van der Waals surface area contributed by atoms with E-state index in [4.69, 9.17) is 16.3 Å². The number of anilines is 1. The molecule has 2 aromatic rings. The van der Waals surface area contributed by atoms with Crippen LogP contribution in [0.2, 0.25) is 5.02 Å². The van der Waals surface area contributed by atoms with E-state index >= 15 is 0 Å². The molecule has 1 N–H and O–H groups in total. The first-order chi connectivity index (χ1) is 12.3. The van der Waals surface area contributed by atoms with Crippen LogP contribution < -0.4 is 9.62 Å². The second kappa shape index (κ2) is 7.65. The Labute approximate surface area is 157 Å². The average molecular weight is 395 g/mol. The number of carbonyl (C=O) groups is 1. The summed E-state index contributed by atoms with van der Waals surface area (Å²) in [6.07, 6.45) is -1.05. The van der Waals surface area contributed by atoms with Gasteiger partial charge in [-0.25, -0.2) is 17.9 Å². The average Bonchev–Trinajstić information content (AvgIpc) is 2.94. The number of ether oxygens (including phenoxy) is 1. The van der Waals surface area contributed by atoms with Gasteiger partial charge in [-0.3, -0.25) is 4.90 Å². The molecule has 0 bridgehead atoms. The zero-order valence-electron chi connectivity index (χ0n) is 14.2. The van der Waals surface area contributed by atoms with E-state index in [1.807, 2.05) is 25.1 Å². The van der Waals surface area contributed by atoms with Gasteiger partial charge in [-0.2, -0.15) is 0 Å². The molecule has 3 rings (SSSR count). The van der Waals surface area contributed by atoms with Gasteiger partial charge in [0.25, 0.3) is 0 Å². The summed E-state index contributed by atoms with van der Waals surface area (Å²) in [6.45, 7) is 2.21. The molecule has 6 nitrogen and oxygen atoms in total. The topological polar surface area (TPSA) is 75.7 Å². The first-order valence-corrected chi connectivity index (χ1v) is 10.1. The molecule has 1 aliphatic heterocycles. The van der Waals surface area contributed by atoms with Gasteiger partial charge in [0, 0.05) is 17.3 Å². The summed E-state index contributed by atoms with van der Waals surface area (Å²) in [5.74, 6) is -0.115. The number of aryl methyl sites for hydroxylation is 1. The van der Waals surface area contributed by atoms with E-state index in [0.29, 0.717) is 16.3 Å². The minimum absolute atomic E-state index is 0.0317. The van der Waals surface area contributed by atoms with Crippen molar-refractivity contribution in [1.29, 1.82) is 0 Å². The summed E-state index contributed by atoms with van der Waals surface area (Å²) in [6, 6.07) is 14.1. The molecule has 8 heteroatoms. The normalized spacial score (nSPS) is 17.4. The SMILES string of the molecule is Cc1cccc(CS(=O)(=O)NCC2CN(c3ccc(Cl)cc3)C(=O)O2)c1. The molecular weight excluding hydrogens is 376 g/mol. The van der Waals surface area contributed by atoms with Crippen LogP contribution in [0.15, 0.2) is 48.5 Å². The number of hydrogen-bond acceptors (Lipinski definition) is 4. The van der Waals surface area contributed by atoms with Crippen molar-refractivity contribution >= 4 is 33.4 Å². The zero-order valence-corrected chi connectivity index (χ0v) is 15.8. The van der Waals surface area contributed by atoms with E-state index in [1.54, 1.807) is 30.3 Å². The Balaban J connectivity index is 1.58. The number of hydrogen-bond donors (Lipinski definition) is 1. The maximum atomic E-state index is 12.3. The Morgan fingerprint density at radius 1 is 1.23 bits per heavy atom. The number of nitrogens with zero attached hydrogens (tertiary/aromatic N) is 1. The van der Waals surface area contributed by atoms with Crippen molar-refractivity contribution in [3.05, 3.63) is 64.7 Å². The number of nitrogens with one attached hydrogen (secondary N) is 1. The van der Waals surface area contributed by atoms with Gasteiger partial charge in [0.1, 0.15) is 6.10 Å². The standard InChI is InChI=1S/C18H19ClN2O4S/c1-13-3-2-4-14(9-13)12-26(23,24)20-10-17-11-21(18(22)25-17)16-7-5-15(19)6-8-16/h2-9,17,20H,10-12H2,1H3. The molecule has 1 fully saturated rings. The minimum Gasteiger partial charge on any atom is -0.443 e. The van der Waals surface area contributed by atoms with E-state index in [1.165, 1.54) is 4.90 Å². The molecule has 2 aromatic carbocycles. The molecule has 1 saturated heterocycles. The Morgan fingerprint density at radius 2 is 1.96 bits per heavy atom. The third-order valence-electron chi connectivity index (χ3n) is 3.98. The highest BCUT2D eigenvalue weighted by atomic mass is 35.5. The largest absolute Gasteiger partial charge is 0.443 e. The third kappa shape index (κ3) is 4.75. The number of rotatable bonds is 6. The van der Waals surface area contributed by atoms with Crippen molar-refractivity contribution in [2.24, 2.45) is 0 Å². The lowest BCUT2D eigenvalue weighted by atomic mass is 10.2. The molecule has 0 spiro atoms. The molecule has 1 heterocycles. The molecule has 26 heavy (non-hydrogen) atoms. The Hall–Kier alpha value is -2.09. The van der Waals surface area contributed by atoms with Crippen molar-refractivity contribution in [2.45, 2.75) is 18.8 Å². The fourth-order valence-corrected chi connectivity index (χ4v) is 4.04. The smallest absolute Gasteiger partial charge is 0.414 e. The fraction of sp³-hybridized carbons (Fsp3) is 0.278. The van der Waals surface area contributed by atoms with Crippen LogP contribution in [-0.2, 0) is 20.5 Å². The van der Waals surface area contributed by atoms with Crippen LogP contribution in [0.25, 0.3) is 0 Å². The van der Waals surface area contributed by atoms with E-state index in [0.717, 1.165) is 5.56 Å². The maximum absolute atomic E-state index is 12.3. The fourth-order valence-electron chi connectivity index (χ4n) is 2.75. The van der Waals surface area contributed by atoms with E-state index in [9.17, 15) is 13.2 Å². The number of cyclic esters (lactones) is 1. The summed E-state index contributed by atoms with van der Waals surface area (Å²) >= 11 is 5.85. The molecule has 1 amide bonds. The van der Waals surface area contributed by atoms with Gasteiger partial charge < -0.3 is 4.74 Å². The molecule has 0 aromatic heterocycles. The summed E-state index contributed by atoms with van der Waals surface area (Å²) in [5.41, 5.74) is 2.37. The first-order valence-electron chi connectivity index (χ1n) is 8.09. The molecule has 1 atom stereocenters. The maximum Gasteiger partial charge on any atom is 0.414 e. The van der Waals surface area contributed by atoms with E-state index < -0.39 is 22.2 Å². The molecule has 1 unspecified atom stereocenters. The highest BCUT2D eigenvalue weighted by Crippen LogP contribution is 2.23. The lowest BCUT2D eigenvalue weighted by Crippen LogP contribution is -2.35. The van der Waals surface area contributed by atoms with Crippen LogP contribution >= 0.6 is 11.6 Å². The Bertz CT molecular complexity index is 900.